The second kappa shape index (κ2) is 10.1. The number of nitrogens with one attached hydrogen (secondary N) is 2. The second-order valence-corrected chi connectivity index (χ2v) is 7.08. The predicted molar refractivity (Wildman–Crippen MR) is 118 cm³/mol. The van der Waals surface area contributed by atoms with Gasteiger partial charge in [0.05, 0.1) is 24.9 Å². The van der Waals surface area contributed by atoms with E-state index in [0.717, 1.165) is 12.0 Å². The van der Waals surface area contributed by atoms with Gasteiger partial charge in [-0.05, 0) is 42.3 Å². The molecule has 9 heteroatoms. The summed E-state index contributed by atoms with van der Waals surface area (Å²) < 4.78 is 10.6. The van der Waals surface area contributed by atoms with E-state index in [1.807, 2.05) is 18.2 Å². The van der Waals surface area contributed by atoms with Crippen LogP contribution in [-0.2, 0) is 6.42 Å². The van der Waals surface area contributed by atoms with Crippen molar-refractivity contribution in [2.24, 2.45) is 0 Å². The van der Waals surface area contributed by atoms with Crippen LogP contribution in [0.4, 0.5) is 11.5 Å². The Morgan fingerprint density at radius 3 is 2.57 bits per heavy atom. The SMILES string of the molecule is COc1ccc(CCNc2cc(C(=O)Nc3cc(Cl)ccc3Cl)ncn2)cc1OC. The maximum Gasteiger partial charge on any atom is 0.274 e. The summed E-state index contributed by atoms with van der Waals surface area (Å²) in [6.07, 6.45) is 2.05. The van der Waals surface area contributed by atoms with Gasteiger partial charge in [-0.25, -0.2) is 9.97 Å². The zero-order valence-corrected chi connectivity index (χ0v) is 17.9. The summed E-state index contributed by atoms with van der Waals surface area (Å²) in [6.45, 7) is 0.605. The van der Waals surface area contributed by atoms with Gasteiger partial charge >= 0.3 is 0 Å². The van der Waals surface area contributed by atoms with Crippen molar-refractivity contribution in [3.63, 3.8) is 0 Å². The lowest BCUT2D eigenvalue weighted by atomic mass is 10.1. The molecule has 156 valence electrons. The number of carbonyl (C=O) groups excluding carboxylic acids is 1. The lowest BCUT2D eigenvalue weighted by Crippen LogP contribution is -2.15. The molecule has 0 radical (unpaired) electrons. The molecule has 7 nitrogen and oxygen atoms in total. The zero-order valence-electron chi connectivity index (χ0n) is 16.4. The first-order valence-corrected chi connectivity index (χ1v) is 9.79. The first-order chi connectivity index (χ1) is 14.5. The third kappa shape index (κ3) is 5.52. The summed E-state index contributed by atoms with van der Waals surface area (Å²) >= 11 is 12.0. The molecule has 0 spiro atoms. The fourth-order valence-electron chi connectivity index (χ4n) is 2.73. The molecule has 0 saturated heterocycles. The molecule has 0 aliphatic carbocycles. The number of carbonyl (C=O) groups is 1. The molecule has 3 aromatic rings. The van der Waals surface area contributed by atoms with E-state index in [-0.39, 0.29) is 5.69 Å². The van der Waals surface area contributed by atoms with Gasteiger partial charge in [-0.15, -0.1) is 0 Å². The number of rotatable bonds is 8. The molecule has 0 unspecified atom stereocenters. The van der Waals surface area contributed by atoms with Gasteiger partial charge < -0.3 is 20.1 Å². The lowest BCUT2D eigenvalue weighted by Gasteiger charge is -2.11. The number of hydrogen-bond acceptors (Lipinski definition) is 6. The van der Waals surface area contributed by atoms with E-state index in [2.05, 4.69) is 20.6 Å². The molecule has 30 heavy (non-hydrogen) atoms. The highest BCUT2D eigenvalue weighted by atomic mass is 35.5. The lowest BCUT2D eigenvalue weighted by molar-refractivity contribution is 0.102. The molecular formula is C21H20Cl2N4O3. The minimum atomic E-state index is -0.412. The van der Waals surface area contributed by atoms with Crippen LogP contribution in [0, 0.1) is 0 Å². The molecule has 3 rings (SSSR count). The molecule has 0 aliphatic heterocycles. The van der Waals surface area contributed by atoms with E-state index in [1.165, 1.54) is 6.33 Å². The van der Waals surface area contributed by atoms with Crippen molar-refractivity contribution in [3.8, 4) is 11.5 Å². The Kier molecular flexibility index (Phi) is 7.32. The van der Waals surface area contributed by atoms with Crippen LogP contribution < -0.4 is 20.1 Å². The minimum absolute atomic E-state index is 0.203. The normalized spacial score (nSPS) is 10.4. The third-order valence-corrected chi connectivity index (χ3v) is 4.81. The molecule has 1 amide bonds. The van der Waals surface area contributed by atoms with Gasteiger partial charge in [0.25, 0.3) is 5.91 Å². The number of amides is 1. The van der Waals surface area contributed by atoms with Gasteiger partial charge in [0.15, 0.2) is 11.5 Å². The first kappa shape index (κ1) is 21.7. The number of halogens is 2. The van der Waals surface area contributed by atoms with E-state index in [9.17, 15) is 4.79 Å². The maximum atomic E-state index is 12.5. The summed E-state index contributed by atoms with van der Waals surface area (Å²) in [5.74, 6) is 1.48. The molecule has 0 fully saturated rings. The fourth-order valence-corrected chi connectivity index (χ4v) is 3.07. The summed E-state index contributed by atoms with van der Waals surface area (Å²) in [6, 6.07) is 12.2. The largest absolute Gasteiger partial charge is 0.493 e. The Morgan fingerprint density at radius 1 is 1.00 bits per heavy atom. The van der Waals surface area contributed by atoms with E-state index >= 15 is 0 Å². The molecule has 1 aromatic heterocycles. The third-order valence-electron chi connectivity index (χ3n) is 4.24. The highest BCUT2D eigenvalue weighted by Crippen LogP contribution is 2.28. The standard InChI is InChI=1S/C21H20Cl2N4O3/c1-29-18-6-3-13(9-19(18)30-2)7-8-24-20-11-17(25-12-26-20)21(28)27-16-10-14(22)4-5-15(16)23/h3-6,9-12H,7-8H2,1-2H3,(H,27,28)(H,24,25,26). The summed E-state index contributed by atoms with van der Waals surface area (Å²) in [5.41, 5.74) is 1.69. The summed E-state index contributed by atoms with van der Waals surface area (Å²) in [7, 11) is 3.20. The van der Waals surface area contributed by atoms with Crippen LogP contribution in [0.25, 0.3) is 0 Å². The van der Waals surface area contributed by atoms with Crippen molar-refractivity contribution < 1.29 is 14.3 Å². The molecule has 0 aliphatic rings. The van der Waals surface area contributed by atoms with Crippen LogP contribution in [0.1, 0.15) is 16.1 Å². The van der Waals surface area contributed by atoms with Gasteiger partial charge in [0, 0.05) is 17.6 Å². The number of nitrogens with zero attached hydrogens (tertiary/aromatic N) is 2. The van der Waals surface area contributed by atoms with Crippen molar-refractivity contribution in [3.05, 3.63) is 70.1 Å². The summed E-state index contributed by atoms with van der Waals surface area (Å²) in [4.78, 5) is 20.7. The van der Waals surface area contributed by atoms with Crippen molar-refractivity contribution in [2.45, 2.75) is 6.42 Å². The Balaban J connectivity index is 1.61. The van der Waals surface area contributed by atoms with Gasteiger partial charge in [-0.1, -0.05) is 29.3 Å². The Labute approximate surface area is 184 Å². The maximum absolute atomic E-state index is 12.5. The van der Waals surface area contributed by atoms with E-state index in [1.54, 1.807) is 38.5 Å². The highest BCUT2D eigenvalue weighted by Gasteiger charge is 2.12. The number of benzene rings is 2. The van der Waals surface area contributed by atoms with Gasteiger partial charge in [-0.3, -0.25) is 4.79 Å². The zero-order chi connectivity index (χ0) is 21.5. The average Bonchev–Trinajstić information content (AvgIpc) is 2.76. The molecule has 0 bridgehead atoms. The van der Waals surface area contributed by atoms with E-state index in [0.29, 0.717) is 39.6 Å². The monoisotopic (exact) mass is 446 g/mol. The van der Waals surface area contributed by atoms with Crippen LogP contribution in [0.5, 0.6) is 11.5 Å². The fraction of sp³-hybridized carbons (Fsp3) is 0.190. The predicted octanol–water partition coefficient (Wildman–Crippen LogP) is 4.71. The van der Waals surface area contributed by atoms with Crippen LogP contribution >= 0.6 is 23.2 Å². The summed E-state index contributed by atoms with van der Waals surface area (Å²) in [5, 5.41) is 6.74. The van der Waals surface area contributed by atoms with Crippen LogP contribution in [0.15, 0.2) is 48.8 Å². The number of methoxy groups -OCH3 is 2. The molecule has 0 saturated carbocycles. The Morgan fingerprint density at radius 2 is 1.80 bits per heavy atom. The van der Waals surface area contributed by atoms with Gasteiger partial charge in [-0.2, -0.15) is 0 Å². The quantitative estimate of drug-likeness (QED) is 0.521. The number of anilines is 2. The minimum Gasteiger partial charge on any atom is -0.493 e. The molecule has 1 heterocycles. The van der Waals surface area contributed by atoms with Crippen molar-refractivity contribution in [1.82, 2.24) is 9.97 Å². The second-order valence-electron chi connectivity index (χ2n) is 6.23. The van der Waals surface area contributed by atoms with Gasteiger partial charge in [0.1, 0.15) is 17.8 Å². The highest BCUT2D eigenvalue weighted by molar-refractivity contribution is 6.35. The van der Waals surface area contributed by atoms with Crippen LogP contribution in [0.3, 0.4) is 0 Å². The van der Waals surface area contributed by atoms with Crippen molar-refractivity contribution >= 4 is 40.6 Å². The number of aromatic nitrogens is 2. The molecule has 2 N–H and O–H groups in total. The smallest absolute Gasteiger partial charge is 0.274 e. The molecule has 2 aromatic carbocycles. The van der Waals surface area contributed by atoms with Crippen molar-refractivity contribution in [2.75, 3.05) is 31.4 Å². The number of hydrogen-bond donors (Lipinski definition) is 2. The van der Waals surface area contributed by atoms with E-state index < -0.39 is 5.91 Å². The van der Waals surface area contributed by atoms with Crippen LogP contribution in [0.2, 0.25) is 10.0 Å². The average molecular weight is 447 g/mol. The molecule has 0 atom stereocenters. The van der Waals surface area contributed by atoms with E-state index in [4.69, 9.17) is 32.7 Å². The molecular weight excluding hydrogens is 427 g/mol. The number of ether oxygens (including phenoxy) is 2. The first-order valence-electron chi connectivity index (χ1n) is 9.03. The Bertz CT molecular complexity index is 1050. The van der Waals surface area contributed by atoms with Gasteiger partial charge in [0.2, 0.25) is 0 Å². The Hall–Kier alpha value is -3.03. The van der Waals surface area contributed by atoms with Crippen molar-refractivity contribution in [1.29, 1.82) is 0 Å². The van der Waals surface area contributed by atoms with Crippen LogP contribution in [-0.4, -0.2) is 36.6 Å². The topological polar surface area (TPSA) is 85.4 Å².